The number of amides is 1. The molecule has 4 nitrogen and oxygen atoms in total. The average molecular weight is 354 g/mol. The van der Waals surface area contributed by atoms with Gasteiger partial charge in [0.1, 0.15) is 11.9 Å². The molecule has 4 bridgehead atoms. The largest absolute Gasteiger partial charge is 0.489 e. The highest BCUT2D eigenvalue weighted by Crippen LogP contribution is 2.53. The molecule has 4 saturated carbocycles. The smallest absolute Gasteiger partial charge is 0.237 e. The first-order valence-corrected chi connectivity index (χ1v) is 10.4. The van der Waals surface area contributed by atoms with E-state index in [1.807, 2.05) is 18.2 Å². The molecule has 1 saturated heterocycles. The summed E-state index contributed by atoms with van der Waals surface area (Å²) >= 11 is 0. The summed E-state index contributed by atoms with van der Waals surface area (Å²) in [6.45, 7) is 2.81. The van der Waals surface area contributed by atoms with Crippen LogP contribution in [0.1, 0.15) is 44.1 Å². The Kier molecular flexibility index (Phi) is 4.19. The van der Waals surface area contributed by atoms with E-state index in [4.69, 9.17) is 4.74 Å². The van der Waals surface area contributed by atoms with Gasteiger partial charge in [-0.3, -0.25) is 4.79 Å². The second-order valence-electron chi connectivity index (χ2n) is 9.17. The molecule has 4 heteroatoms. The number of carbonyl (C=O) groups is 1. The van der Waals surface area contributed by atoms with Crippen LogP contribution >= 0.6 is 0 Å². The number of benzene rings is 1. The van der Waals surface area contributed by atoms with Crippen molar-refractivity contribution < 1.29 is 9.53 Å². The number of aryl methyl sites for hydroxylation is 1. The van der Waals surface area contributed by atoms with Crippen LogP contribution in [0.25, 0.3) is 0 Å². The van der Waals surface area contributed by atoms with Crippen LogP contribution in [-0.2, 0) is 4.79 Å². The van der Waals surface area contributed by atoms with Crippen LogP contribution in [0.15, 0.2) is 24.3 Å². The van der Waals surface area contributed by atoms with E-state index < -0.39 is 0 Å². The fraction of sp³-hybridized carbons (Fsp3) is 0.682. The molecular formula is C22H30N2O2. The summed E-state index contributed by atoms with van der Waals surface area (Å²) in [4.78, 5) is 12.9. The lowest BCUT2D eigenvalue weighted by Crippen LogP contribution is -2.58. The minimum absolute atomic E-state index is 0.0744. The van der Waals surface area contributed by atoms with Crippen LogP contribution in [0.4, 0.5) is 0 Å². The first kappa shape index (κ1) is 16.6. The lowest BCUT2D eigenvalue weighted by atomic mass is 9.54. The number of hydrogen-bond donors (Lipinski definition) is 2. The lowest BCUT2D eigenvalue weighted by Gasteiger charge is -2.54. The van der Waals surface area contributed by atoms with Gasteiger partial charge in [-0.05, 0) is 74.3 Å². The molecule has 0 spiro atoms. The third-order valence-corrected chi connectivity index (χ3v) is 7.33. The van der Waals surface area contributed by atoms with Crippen molar-refractivity contribution in [2.75, 3.05) is 6.54 Å². The molecule has 2 atom stereocenters. The quantitative estimate of drug-likeness (QED) is 0.874. The number of ether oxygens (including phenoxy) is 1. The van der Waals surface area contributed by atoms with E-state index in [1.165, 1.54) is 32.1 Å². The minimum Gasteiger partial charge on any atom is -0.489 e. The summed E-state index contributed by atoms with van der Waals surface area (Å²) in [6.07, 6.45) is 7.66. The predicted molar refractivity (Wildman–Crippen MR) is 101 cm³/mol. The first-order valence-electron chi connectivity index (χ1n) is 10.4. The van der Waals surface area contributed by atoms with Crippen LogP contribution in [0.3, 0.4) is 0 Å². The number of nitrogens with one attached hydrogen (secondary N) is 2. The Bertz CT molecular complexity index is 660. The Morgan fingerprint density at radius 1 is 1.04 bits per heavy atom. The van der Waals surface area contributed by atoms with E-state index in [0.29, 0.717) is 6.04 Å². The molecule has 140 valence electrons. The molecular weight excluding hydrogens is 324 g/mol. The van der Waals surface area contributed by atoms with Crippen molar-refractivity contribution in [1.82, 2.24) is 10.6 Å². The summed E-state index contributed by atoms with van der Waals surface area (Å²) in [5.41, 5.74) is 1.15. The molecule has 1 amide bonds. The second kappa shape index (κ2) is 6.56. The van der Waals surface area contributed by atoms with Gasteiger partial charge in [-0.15, -0.1) is 0 Å². The van der Waals surface area contributed by atoms with Crippen molar-refractivity contribution in [1.29, 1.82) is 0 Å². The fourth-order valence-corrected chi connectivity index (χ4v) is 6.29. The molecule has 26 heavy (non-hydrogen) atoms. The van der Waals surface area contributed by atoms with Crippen molar-refractivity contribution in [3.05, 3.63) is 29.8 Å². The van der Waals surface area contributed by atoms with Gasteiger partial charge in [0.2, 0.25) is 5.91 Å². The molecule has 1 aromatic carbocycles. The Labute approximate surface area is 156 Å². The molecule has 2 N–H and O–H groups in total. The maximum Gasteiger partial charge on any atom is 0.237 e. The highest BCUT2D eigenvalue weighted by Gasteiger charge is 2.49. The molecule has 1 aliphatic heterocycles. The van der Waals surface area contributed by atoms with Crippen molar-refractivity contribution in [3.8, 4) is 5.75 Å². The molecule has 0 radical (unpaired) electrons. The maximum atomic E-state index is 12.9. The number of rotatable bonds is 4. The second-order valence-corrected chi connectivity index (χ2v) is 9.17. The molecule has 5 aliphatic rings. The van der Waals surface area contributed by atoms with Gasteiger partial charge in [0, 0.05) is 19.0 Å². The van der Waals surface area contributed by atoms with Gasteiger partial charge in [0.15, 0.2) is 0 Å². The van der Waals surface area contributed by atoms with Gasteiger partial charge in [0.25, 0.3) is 0 Å². The van der Waals surface area contributed by atoms with Crippen molar-refractivity contribution in [2.45, 2.75) is 63.6 Å². The summed E-state index contributed by atoms with van der Waals surface area (Å²) in [5.74, 6) is 4.48. The van der Waals surface area contributed by atoms with Gasteiger partial charge in [-0.2, -0.15) is 0 Å². The van der Waals surface area contributed by atoms with E-state index in [9.17, 15) is 4.79 Å². The van der Waals surface area contributed by atoms with Crippen LogP contribution < -0.4 is 15.4 Å². The van der Waals surface area contributed by atoms with E-state index in [-0.39, 0.29) is 18.1 Å². The zero-order valence-electron chi connectivity index (χ0n) is 15.6. The predicted octanol–water partition coefficient (Wildman–Crippen LogP) is 3.05. The molecule has 1 heterocycles. The highest BCUT2D eigenvalue weighted by atomic mass is 16.5. The summed E-state index contributed by atoms with van der Waals surface area (Å²) in [6, 6.07) is 8.41. The first-order chi connectivity index (χ1) is 12.7. The van der Waals surface area contributed by atoms with E-state index >= 15 is 0 Å². The Morgan fingerprint density at radius 3 is 2.42 bits per heavy atom. The number of carbonyl (C=O) groups excluding carboxylic acids is 1. The molecule has 5 fully saturated rings. The van der Waals surface area contributed by atoms with Gasteiger partial charge >= 0.3 is 0 Å². The van der Waals surface area contributed by atoms with Crippen LogP contribution in [0.2, 0.25) is 0 Å². The van der Waals surface area contributed by atoms with Gasteiger partial charge in [-0.25, -0.2) is 0 Å². The lowest BCUT2D eigenvalue weighted by molar-refractivity contribution is -0.126. The van der Waals surface area contributed by atoms with E-state index in [1.54, 1.807) is 0 Å². The fourth-order valence-electron chi connectivity index (χ4n) is 6.29. The summed E-state index contributed by atoms with van der Waals surface area (Å²) in [7, 11) is 0. The standard InChI is InChI=1S/C22H30N2O2/c1-13-4-2-3-5-20(13)26-18-11-19(23-12-18)22(25)24-21-16-7-14-6-15(9-16)10-17(21)8-14/h2-5,14-19,21,23H,6-12H2,1H3,(H,24,25)/t14?,15?,16?,17?,18-,19-,21?/m0/s1. The van der Waals surface area contributed by atoms with E-state index in [0.717, 1.165) is 48.0 Å². The zero-order valence-corrected chi connectivity index (χ0v) is 15.6. The normalized spacial score (nSPS) is 40.6. The molecule has 0 unspecified atom stereocenters. The van der Waals surface area contributed by atoms with Gasteiger partial charge < -0.3 is 15.4 Å². The third kappa shape index (κ3) is 3.02. The Hall–Kier alpha value is -1.55. The Balaban J connectivity index is 1.18. The minimum atomic E-state index is -0.110. The molecule has 6 rings (SSSR count). The zero-order chi connectivity index (χ0) is 17.7. The van der Waals surface area contributed by atoms with Gasteiger partial charge in [0.05, 0.1) is 6.04 Å². The van der Waals surface area contributed by atoms with Crippen LogP contribution in [0.5, 0.6) is 5.75 Å². The average Bonchev–Trinajstić information content (AvgIpc) is 3.08. The van der Waals surface area contributed by atoms with E-state index in [2.05, 4.69) is 23.6 Å². The summed E-state index contributed by atoms with van der Waals surface area (Å²) < 4.78 is 6.13. The Morgan fingerprint density at radius 2 is 1.73 bits per heavy atom. The van der Waals surface area contributed by atoms with Gasteiger partial charge in [-0.1, -0.05) is 18.2 Å². The van der Waals surface area contributed by atoms with Crippen molar-refractivity contribution in [3.63, 3.8) is 0 Å². The number of para-hydroxylation sites is 1. The maximum absolute atomic E-state index is 12.9. The van der Waals surface area contributed by atoms with Crippen LogP contribution in [-0.4, -0.2) is 30.6 Å². The highest BCUT2D eigenvalue weighted by molar-refractivity contribution is 5.82. The number of hydrogen-bond acceptors (Lipinski definition) is 3. The van der Waals surface area contributed by atoms with Crippen molar-refractivity contribution >= 4 is 5.91 Å². The molecule has 1 aromatic rings. The topological polar surface area (TPSA) is 50.4 Å². The molecule has 4 aliphatic carbocycles. The van der Waals surface area contributed by atoms with Crippen molar-refractivity contribution in [2.24, 2.45) is 23.7 Å². The van der Waals surface area contributed by atoms with Crippen LogP contribution in [0, 0.1) is 30.6 Å². The molecule has 0 aromatic heterocycles. The monoisotopic (exact) mass is 354 g/mol. The SMILES string of the molecule is Cc1ccccc1O[C@@H]1CN[C@H](C(=O)NC2C3CC4CC(C3)CC2C4)C1. The summed E-state index contributed by atoms with van der Waals surface area (Å²) in [5, 5.41) is 6.82. The third-order valence-electron chi connectivity index (χ3n) is 7.33.